The molecule has 0 aliphatic heterocycles. The summed E-state index contributed by atoms with van der Waals surface area (Å²) in [4.78, 5) is 0. The Morgan fingerprint density at radius 2 is 1.16 bits per heavy atom. The summed E-state index contributed by atoms with van der Waals surface area (Å²) in [5.41, 5.74) is 0.184. The highest BCUT2D eigenvalue weighted by Crippen LogP contribution is 2.33. The second-order valence-electron chi connectivity index (χ2n) is 4.26. The average molecular weight is 272 g/mol. The van der Waals surface area contributed by atoms with Crippen LogP contribution in [0.1, 0.15) is 11.1 Å². The molecule has 0 amide bonds. The molecule has 0 unspecified atom stereocenters. The first-order valence-electron chi connectivity index (χ1n) is 5.43. The Kier molecular flexibility index (Phi) is 3.30. The van der Waals surface area contributed by atoms with Crippen LogP contribution in [0.25, 0.3) is 11.1 Å². The summed E-state index contributed by atoms with van der Waals surface area (Å²) in [5.74, 6) is -9.65. The number of benzene rings is 2. The van der Waals surface area contributed by atoms with Crippen molar-refractivity contribution in [3.63, 3.8) is 0 Å². The Labute approximate surface area is 106 Å². The van der Waals surface area contributed by atoms with Gasteiger partial charge in [-0.25, -0.2) is 22.0 Å². The summed E-state index contributed by atoms with van der Waals surface area (Å²) in [6.45, 7) is 3.20. The molecule has 2 rings (SSSR count). The molecule has 0 saturated heterocycles. The number of hydrogen-bond acceptors (Lipinski definition) is 0. The van der Waals surface area contributed by atoms with Crippen molar-refractivity contribution in [2.45, 2.75) is 13.8 Å². The normalized spacial score (nSPS) is 10.9. The van der Waals surface area contributed by atoms with E-state index in [4.69, 9.17) is 0 Å². The third kappa shape index (κ3) is 2.09. The molecule has 0 fully saturated rings. The number of rotatable bonds is 1. The van der Waals surface area contributed by atoms with Crippen molar-refractivity contribution in [2.75, 3.05) is 0 Å². The second kappa shape index (κ2) is 4.64. The van der Waals surface area contributed by atoms with Gasteiger partial charge < -0.3 is 0 Å². The molecule has 2 aromatic carbocycles. The maximum Gasteiger partial charge on any atom is 0.200 e. The van der Waals surface area contributed by atoms with Gasteiger partial charge in [-0.15, -0.1) is 0 Å². The zero-order valence-corrected chi connectivity index (χ0v) is 10.1. The largest absolute Gasteiger partial charge is 0.203 e. The van der Waals surface area contributed by atoms with Crippen LogP contribution in [0.2, 0.25) is 0 Å². The van der Waals surface area contributed by atoms with Crippen LogP contribution in [0.4, 0.5) is 22.0 Å². The Morgan fingerprint density at radius 3 is 1.68 bits per heavy atom. The van der Waals surface area contributed by atoms with Crippen molar-refractivity contribution in [1.29, 1.82) is 0 Å². The maximum absolute atomic E-state index is 13.7. The van der Waals surface area contributed by atoms with E-state index in [1.54, 1.807) is 19.1 Å². The molecule has 0 aromatic heterocycles. The van der Waals surface area contributed by atoms with Gasteiger partial charge in [0.25, 0.3) is 0 Å². The van der Waals surface area contributed by atoms with Gasteiger partial charge in [-0.3, -0.25) is 0 Å². The van der Waals surface area contributed by atoms with Crippen LogP contribution in [0, 0.1) is 42.9 Å². The molecule has 0 spiro atoms. The Morgan fingerprint density at radius 1 is 0.684 bits per heavy atom. The lowest BCUT2D eigenvalue weighted by atomic mass is 9.97. The van der Waals surface area contributed by atoms with E-state index in [1.165, 1.54) is 13.0 Å². The summed E-state index contributed by atoms with van der Waals surface area (Å²) >= 11 is 0. The molecule has 19 heavy (non-hydrogen) atoms. The van der Waals surface area contributed by atoms with Crippen LogP contribution in [-0.4, -0.2) is 0 Å². The van der Waals surface area contributed by atoms with Crippen LogP contribution in [-0.2, 0) is 0 Å². The fraction of sp³-hybridized carbons (Fsp3) is 0.143. The smallest absolute Gasteiger partial charge is 0.200 e. The van der Waals surface area contributed by atoms with Gasteiger partial charge in [0.15, 0.2) is 23.3 Å². The van der Waals surface area contributed by atoms with Crippen molar-refractivity contribution < 1.29 is 22.0 Å². The predicted octanol–water partition coefficient (Wildman–Crippen LogP) is 4.67. The third-order valence-electron chi connectivity index (χ3n) is 2.87. The van der Waals surface area contributed by atoms with E-state index in [2.05, 4.69) is 0 Å². The minimum Gasteiger partial charge on any atom is -0.203 e. The van der Waals surface area contributed by atoms with Gasteiger partial charge in [-0.2, -0.15) is 0 Å². The Hall–Kier alpha value is -1.91. The summed E-state index contributed by atoms with van der Waals surface area (Å²) in [6, 6.07) is 4.63. The standard InChI is InChI=1S/C14H9F5/c1-6-3-4-7(2)8(5-6)9-10(15)12(17)14(19)13(18)11(9)16/h3-5H,1-2H3. The summed E-state index contributed by atoms with van der Waals surface area (Å²) in [6.07, 6.45) is 0. The fourth-order valence-electron chi connectivity index (χ4n) is 1.85. The SMILES string of the molecule is Cc1ccc(C)c(-c2c(F)c(F)c(F)c(F)c2F)c1. The van der Waals surface area contributed by atoms with E-state index >= 15 is 0 Å². The van der Waals surface area contributed by atoms with Gasteiger partial charge >= 0.3 is 0 Å². The van der Waals surface area contributed by atoms with E-state index in [0.29, 0.717) is 11.1 Å². The van der Waals surface area contributed by atoms with Gasteiger partial charge in [0.2, 0.25) is 5.82 Å². The monoisotopic (exact) mass is 272 g/mol. The lowest BCUT2D eigenvalue weighted by molar-refractivity contribution is 0.381. The molecule has 0 aliphatic rings. The number of halogens is 5. The molecular formula is C14H9F5. The van der Waals surface area contributed by atoms with E-state index in [1.807, 2.05) is 0 Å². The first kappa shape index (κ1) is 13.5. The van der Waals surface area contributed by atoms with Crippen molar-refractivity contribution in [1.82, 2.24) is 0 Å². The average Bonchev–Trinajstić information content (AvgIpc) is 2.38. The van der Waals surface area contributed by atoms with E-state index in [-0.39, 0.29) is 5.56 Å². The summed E-state index contributed by atoms with van der Waals surface area (Å²) in [5, 5.41) is 0. The first-order chi connectivity index (χ1) is 8.84. The summed E-state index contributed by atoms with van der Waals surface area (Å²) in [7, 11) is 0. The van der Waals surface area contributed by atoms with Gasteiger partial charge in [-0.05, 0) is 25.0 Å². The fourth-order valence-corrected chi connectivity index (χ4v) is 1.85. The minimum atomic E-state index is -2.15. The topological polar surface area (TPSA) is 0 Å². The highest BCUT2D eigenvalue weighted by atomic mass is 19.2. The molecular weight excluding hydrogens is 263 g/mol. The van der Waals surface area contributed by atoms with Crippen molar-refractivity contribution in [2.24, 2.45) is 0 Å². The van der Waals surface area contributed by atoms with E-state index < -0.39 is 34.6 Å². The highest BCUT2D eigenvalue weighted by molar-refractivity contribution is 5.69. The van der Waals surface area contributed by atoms with E-state index in [9.17, 15) is 22.0 Å². The van der Waals surface area contributed by atoms with Crippen molar-refractivity contribution >= 4 is 0 Å². The van der Waals surface area contributed by atoms with Crippen molar-refractivity contribution in [3.8, 4) is 11.1 Å². The van der Waals surface area contributed by atoms with E-state index in [0.717, 1.165) is 0 Å². The molecule has 0 atom stereocenters. The van der Waals surface area contributed by atoms with Gasteiger partial charge in [-0.1, -0.05) is 23.8 Å². The molecule has 0 bridgehead atoms. The van der Waals surface area contributed by atoms with Crippen molar-refractivity contribution in [3.05, 3.63) is 58.4 Å². The van der Waals surface area contributed by atoms with Gasteiger partial charge in [0.05, 0.1) is 5.56 Å². The molecule has 5 heteroatoms. The Bertz CT molecular complexity index is 632. The van der Waals surface area contributed by atoms with Crippen LogP contribution in [0.5, 0.6) is 0 Å². The molecule has 0 N–H and O–H groups in total. The summed E-state index contributed by atoms with van der Waals surface area (Å²) < 4.78 is 66.6. The molecule has 0 aliphatic carbocycles. The highest BCUT2D eigenvalue weighted by Gasteiger charge is 2.27. The zero-order chi connectivity index (χ0) is 14.3. The van der Waals surface area contributed by atoms with Crippen LogP contribution < -0.4 is 0 Å². The predicted molar refractivity (Wildman–Crippen MR) is 61.1 cm³/mol. The Balaban J connectivity index is 2.87. The minimum absolute atomic E-state index is 0.00667. The number of hydrogen-bond donors (Lipinski definition) is 0. The maximum atomic E-state index is 13.7. The zero-order valence-electron chi connectivity index (χ0n) is 10.1. The molecule has 2 aromatic rings. The van der Waals surface area contributed by atoms with Crippen LogP contribution in [0.3, 0.4) is 0 Å². The number of aryl methyl sites for hydroxylation is 2. The first-order valence-corrected chi connectivity index (χ1v) is 5.43. The third-order valence-corrected chi connectivity index (χ3v) is 2.87. The van der Waals surface area contributed by atoms with Gasteiger partial charge in [0, 0.05) is 0 Å². The molecule has 100 valence electrons. The lowest BCUT2D eigenvalue weighted by Gasteiger charge is -2.11. The van der Waals surface area contributed by atoms with Gasteiger partial charge in [0.1, 0.15) is 0 Å². The quantitative estimate of drug-likeness (QED) is 0.402. The molecule has 0 nitrogen and oxygen atoms in total. The van der Waals surface area contributed by atoms with Crippen LogP contribution in [0.15, 0.2) is 18.2 Å². The molecule has 0 saturated carbocycles. The lowest BCUT2D eigenvalue weighted by Crippen LogP contribution is -2.04. The van der Waals surface area contributed by atoms with Crippen LogP contribution >= 0.6 is 0 Å². The molecule has 0 heterocycles. The second-order valence-corrected chi connectivity index (χ2v) is 4.26. The molecule has 0 radical (unpaired) electrons.